The second-order valence-corrected chi connectivity index (χ2v) is 6.09. The molecule has 0 saturated carbocycles. The van der Waals surface area contributed by atoms with Crippen LogP contribution in [0.3, 0.4) is 0 Å². The molecule has 0 atom stereocenters. The smallest absolute Gasteiger partial charge is 0.315 e. The van der Waals surface area contributed by atoms with E-state index >= 15 is 0 Å². The second kappa shape index (κ2) is 9.33. The van der Waals surface area contributed by atoms with Crippen molar-refractivity contribution in [2.45, 2.75) is 39.2 Å². The summed E-state index contributed by atoms with van der Waals surface area (Å²) in [5.41, 5.74) is 2.39. The maximum atomic E-state index is 11.9. The van der Waals surface area contributed by atoms with Gasteiger partial charge < -0.3 is 20.5 Å². The average Bonchev–Trinajstić information content (AvgIpc) is 3.02. The number of nitrogens with one attached hydrogen (secondary N) is 3. The van der Waals surface area contributed by atoms with Gasteiger partial charge in [0.05, 0.1) is 0 Å². The van der Waals surface area contributed by atoms with Crippen LogP contribution in [-0.4, -0.2) is 48.6 Å². The van der Waals surface area contributed by atoms with Crippen molar-refractivity contribution in [3.05, 3.63) is 36.0 Å². The Bertz CT molecular complexity index is 629. The SMILES string of the molecule is CC.CN1CCC(NC(=O)NCCc2c[nH]c3ccccc23)CC1. The summed E-state index contributed by atoms with van der Waals surface area (Å²) in [6, 6.07) is 8.51. The van der Waals surface area contributed by atoms with Gasteiger partial charge in [0, 0.05) is 29.7 Å². The molecule has 132 valence electrons. The van der Waals surface area contributed by atoms with Crippen molar-refractivity contribution in [1.82, 2.24) is 20.5 Å². The molecule has 1 fully saturated rings. The lowest BCUT2D eigenvalue weighted by Gasteiger charge is -2.29. The summed E-state index contributed by atoms with van der Waals surface area (Å²) >= 11 is 0. The highest BCUT2D eigenvalue weighted by Crippen LogP contribution is 2.17. The first-order valence-electron chi connectivity index (χ1n) is 9.00. The minimum Gasteiger partial charge on any atom is -0.361 e. The van der Waals surface area contributed by atoms with Crippen molar-refractivity contribution >= 4 is 16.9 Å². The van der Waals surface area contributed by atoms with Crippen molar-refractivity contribution in [1.29, 1.82) is 0 Å². The van der Waals surface area contributed by atoms with E-state index in [2.05, 4.69) is 39.7 Å². The number of fused-ring (bicyclic) bond motifs is 1. The number of aromatic amines is 1. The van der Waals surface area contributed by atoms with E-state index in [9.17, 15) is 4.79 Å². The molecule has 2 heterocycles. The Labute approximate surface area is 144 Å². The van der Waals surface area contributed by atoms with E-state index in [1.807, 2.05) is 32.2 Å². The molecule has 3 rings (SSSR count). The number of rotatable bonds is 4. The Morgan fingerprint density at radius 2 is 1.96 bits per heavy atom. The molecule has 5 nitrogen and oxygen atoms in total. The summed E-state index contributed by atoms with van der Waals surface area (Å²) in [5, 5.41) is 7.27. The topological polar surface area (TPSA) is 60.2 Å². The van der Waals surface area contributed by atoms with Gasteiger partial charge >= 0.3 is 6.03 Å². The summed E-state index contributed by atoms with van der Waals surface area (Å²) in [5.74, 6) is 0. The van der Waals surface area contributed by atoms with Gasteiger partial charge in [0.1, 0.15) is 0 Å². The van der Waals surface area contributed by atoms with Crippen molar-refractivity contribution in [2.24, 2.45) is 0 Å². The first kappa shape index (κ1) is 18.3. The first-order valence-corrected chi connectivity index (χ1v) is 9.00. The van der Waals surface area contributed by atoms with Crippen molar-refractivity contribution in [3.8, 4) is 0 Å². The Hall–Kier alpha value is -2.01. The van der Waals surface area contributed by atoms with Crippen LogP contribution in [0.25, 0.3) is 10.9 Å². The highest BCUT2D eigenvalue weighted by Gasteiger charge is 2.18. The van der Waals surface area contributed by atoms with E-state index in [1.54, 1.807) is 0 Å². The number of hydrogen-bond donors (Lipinski definition) is 3. The Morgan fingerprint density at radius 1 is 1.25 bits per heavy atom. The van der Waals surface area contributed by atoms with Gasteiger partial charge in [-0.05, 0) is 51.0 Å². The Balaban J connectivity index is 0.00000100. The fraction of sp³-hybridized carbons (Fsp3) is 0.526. The maximum absolute atomic E-state index is 11.9. The number of likely N-dealkylation sites (tertiary alicyclic amines) is 1. The van der Waals surface area contributed by atoms with Crippen LogP contribution < -0.4 is 10.6 Å². The van der Waals surface area contributed by atoms with Gasteiger partial charge in [-0.2, -0.15) is 0 Å². The van der Waals surface area contributed by atoms with Gasteiger partial charge in [0.2, 0.25) is 0 Å². The van der Waals surface area contributed by atoms with E-state index in [-0.39, 0.29) is 6.03 Å². The number of aromatic nitrogens is 1. The number of hydrogen-bond acceptors (Lipinski definition) is 2. The number of nitrogens with zero attached hydrogens (tertiary/aromatic N) is 1. The lowest BCUT2D eigenvalue weighted by atomic mass is 10.1. The molecule has 1 saturated heterocycles. The summed E-state index contributed by atoms with van der Waals surface area (Å²) in [6.45, 7) is 6.76. The van der Waals surface area contributed by atoms with E-state index in [0.717, 1.165) is 37.9 Å². The van der Waals surface area contributed by atoms with Crippen LogP contribution in [0.2, 0.25) is 0 Å². The molecule has 1 aromatic heterocycles. The highest BCUT2D eigenvalue weighted by molar-refractivity contribution is 5.83. The van der Waals surface area contributed by atoms with Gasteiger partial charge in [0.25, 0.3) is 0 Å². The van der Waals surface area contributed by atoms with E-state index in [0.29, 0.717) is 12.6 Å². The van der Waals surface area contributed by atoms with Gasteiger partial charge in [-0.1, -0.05) is 32.0 Å². The summed E-state index contributed by atoms with van der Waals surface area (Å²) in [4.78, 5) is 17.5. The molecule has 0 aliphatic carbocycles. The van der Waals surface area contributed by atoms with Crippen LogP contribution in [0, 0.1) is 0 Å². The quantitative estimate of drug-likeness (QED) is 0.806. The second-order valence-electron chi connectivity index (χ2n) is 6.09. The predicted molar refractivity (Wildman–Crippen MR) is 100 cm³/mol. The van der Waals surface area contributed by atoms with E-state index in [1.165, 1.54) is 10.9 Å². The zero-order valence-electron chi connectivity index (χ0n) is 15.1. The molecule has 1 aliphatic rings. The molecule has 1 aliphatic heterocycles. The molecular weight excluding hydrogens is 300 g/mol. The molecule has 3 N–H and O–H groups in total. The van der Waals surface area contributed by atoms with Crippen LogP contribution in [0.15, 0.2) is 30.5 Å². The number of H-pyrrole nitrogens is 1. The van der Waals surface area contributed by atoms with Crippen LogP contribution in [0.1, 0.15) is 32.3 Å². The zero-order chi connectivity index (χ0) is 17.4. The third kappa shape index (κ3) is 4.99. The summed E-state index contributed by atoms with van der Waals surface area (Å²) in [7, 11) is 2.12. The molecule has 2 amide bonds. The van der Waals surface area contributed by atoms with E-state index < -0.39 is 0 Å². The molecule has 1 aromatic carbocycles. The normalized spacial score (nSPS) is 15.6. The number of para-hydroxylation sites is 1. The lowest BCUT2D eigenvalue weighted by Crippen LogP contribution is -2.47. The lowest BCUT2D eigenvalue weighted by molar-refractivity contribution is 0.214. The maximum Gasteiger partial charge on any atom is 0.315 e. The molecule has 0 spiro atoms. The van der Waals surface area contributed by atoms with Gasteiger partial charge in [-0.3, -0.25) is 0 Å². The summed E-state index contributed by atoms with van der Waals surface area (Å²) < 4.78 is 0. The monoisotopic (exact) mass is 330 g/mol. The standard InChI is InChI=1S/C17H24N4O.C2H6/c1-21-10-7-14(8-11-21)20-17(22)18-9-6-13-12-19-16-5-3-2-4-15(13)16;1-2/h2-5,12,14,19H,6-11H2,1H3,(H2,18,20,22);1-2H3. The molecule has 0 bridgehead atoms. The molecule has 24 heavy (non-hydrogen) atoms. The van der Waals surface area contributed by atoms with Gasteiger partial charge in [0.15, 0.2) is 0 Å². The number of amides is 2. The molecule has 0 radical (unpaired) electrons. The van der Waals surface area contributed by atoms with Gasteiger partial charge in [-0.15, -0.1) is 0 Å². The van der Waals surface area contributed by atoms with Crippen LogP contribution in [-0.2, 0) is 6.42 Å². The number of carbonyl (C=O) groups is 1. The van der Waals surface area contributed by atoms with E-state index in [4.69, 9.17) is 0 Å². The number of piperidine rings is 1. The van der Waals surface area contributed by atoms with Crippen LogP contribution in [0.4, 0.5) is 4.79 Å². The number of benzene rings is 1. The average molecular weight is 330 g/mol. The number of urea groups is 1. The van der Waals surface area contributed by atoms with Crippen molar-refractivity contribution in [3.63, 3.8) is 0 Å². The molecular formula is C19H30N4O. The zero-order valence-corrected chi connectivity index (χ0v) is 15.1. The predicted octanol–water partition coefficient (Wildman–Crippen LogP) is 3.13. The molecule has 5 heteroatoms. The highest BCUT2D eigenvalue weighted by atomic mass is 16.2. The minimum absolute atomic E-state index is 0.0469. The molecule has 0 unspecified atom stereocenters. The van der Waals surface area contributed by atoms with Crippen molar-refractivity contribution < 1.29 is 4.79 Å². The van der Waals surface area contributed by atoms with Crippen molar-refractivity contribution in [2.75, 3.05) is 26.7 Å². The number of carbonyl (C=O) groups excluding carboxylic acids is 1. The third-order valence-corrected chi connectivity index (χ3v) is 4.41. The van der Waals surface area contributed by atoms with Gasteiger partial charge in [-0.25, -0.2) is 4.79 Å². The minimum atomic E-state index is -0.0469. The largest absolute Gasteiger partial charge is 0.361 e. The Kier molecular flexibility index (Phi) is 7.12. The first-order chi connectivity index (χ1) is 11.7. The fourth-order valence-corrected chi connectivity index (χ4v) is 3.04. The molecule has 2 aromatic rings. The summed E-state index contributed by atoms with van der Waals surface area (Å²) in [6.07, 6.45) is 4.94. The third-order valence-electron chi connectivity index (χ3n) is 4.41. The van der Waals surface area contributed by atoms with Crippen LogP contribution in [0.5, 0.6) is 0 Å². The fourth-order valence-electron chi connectivity index (χ4n) is 3.04. The van der Waals surface area contributed by atoms with Crippen LogP contribution >= 0.6 is 0 Å². The Morgan fingerprint density at radius 3 is 2.71 bits per heavy atom.